The van der Waals surface area contributed by atoms with E-state index in [0.29, 0.717) is 12.5 Å². The van der Waals surface area contributed by atoms with Gasteiger partial charge in [-0.25, -0.2) is 0 Å². The Bertz CT molecular complexity index is 470. The summed E-state index contributed by atoms with van der Waals surface area (Å²) in [5.74, 6) is 0.497. The zero-order valence-electron chi connectivity index (χ0n) is 12.6. The minimum Gasteiger partial charge on any atom is -0.349 e. The largest absolute Gasteiger partial charge is 0.349 e. The van der Waals surface area contributed by atoms with Crippen molar-refractivity contribution in [3.8, 4) is 0 Å². The fourth-order valence-corrected chi connectivity index (χ4v) is 3.27. The molecule has 1 aromatic heterocycles. The first-order valence-electron chi connectivity index (χ1n) is 7.26. The molecule has 0 radical (unpaired) electrons. The molecule has 0 bridgehead atoms. The Labute approximate surface area is 127 Å². The van der Waals surface area contributed by atoms with Crippen molar-refractivity contribution in [3.63, 3.8) is 0 Å². The van der Waals surface area contributed by atoms with Crippen LogP contribution in [-0.4, -0.2) is 23.1 Å². The third-order valence-corrected chi connectivity index (χ3v) is 4.41. The van der Waals surface area contributed by atoms with Gasteiger partial charge >= 0.3 is 0 Å². The summed E-state index contributed by atoms with van der Waals surface area (Å²) in [6.07, 6.45) is 3.36. The molecule has 0 spiro atoms. The number of carbonyl (C=O) groups excluding carboxylic acids is 1. The van der Waals surface area contributed by atoms with Crippen LogP contribution in [0.3, 0.4) is 0 Å². The number of nitrogens with one attached hydrogen (secondary N) is 1. The molecule has 1 amide bonds. The van der Waals surface area contributed by atoms with E-state index in [1.807, 2.05) is 19.9 Å². The number of rotatable bonds is 4. The Morgan fingerprint density at radius 2 is 2.15 bits per heavy atom. The van der Waals surface area contributed by atoms with E-state index in [2.05, 4.69) is 16.8 Å². The Hall–Kier alpha value is -1.00. The molecular formula is C15H26ClN3O. The normalized spacial score (nSPS) is 21.6. The van der Waals surface area contributed by atoms with Crippen molar-refractivity contribution in [1.82, 2.24) is 9.88 Å². The van der Waals surface area contributed by atoms with Crippen LogP contribution in [0.2, 0.25) is 0 Å². The third-order valence-electron chi connectivity index (χ3n) is 4.41. The van der Waals surface area contributed by atoms with Crippen molar-refractivity contribution in [1.29, 1.82) is 0 Å². The number of aryl methyl sites for hydroxylation is 1. The Morgan fingerprint density at radius 1 is 1.45 bits per heavy atom. The second-order valence-corrected chi connectivity index (χ2v) is 5.54. The molecule has 0 aliphatic heterocycles. The summed E-state index contributed by atoms with van der Waals surface area (Å²) in [7, 11) is 0. The summed E-state index contributed by atoms with van der Waals surface area (Å²) in [6.45, 7) is 7.73. The molecule has 20 heavy (non-hydrogen) atoms. The molecule has 1 aromatic rings. The van der Waals surface area contributed by atoms with Crippen LogP contribution in [0.4, 0.5) is 0 Å². The molecule has 1 aliphatic carbocycles. The molecule has 2 unspecified atom stereocenters. The molecule has 114 valence electrons. The molecule has 0 saturated heterocycles. The quantitative estimate of drug-likeness (QED) is 0.897. The SMILES string of the molecule is CCn1c(C)cc(C(=O)NC2CCCC2CN)c1C.Cl. The van der Waals surface area contributed by atoms with Crippen molar-refractivity contribution in [2.45, 2.75) is 52.6 Å². The first-order valence-corrected chi connectivity index (χ1v) is 7.26. The number of hydrogen-bond donors (Lipinski definition) is 2. The molecule has 1 aliphatic rings. The molecule has 1 saturated carbocycles. The number of hydrogen-bond acceptors (Lipinski definition) is 2. The van der Waals surface area contributed by atoms with E-state index in [1.165, 1.54) is 6.42 Å². The summed E-state index contributed by atoms with van der Waals surface area (Å²) in [6, 6.07) is 2.24. The lowest BCUT2D eigenvalue weighted by Crippen LogP contribution is -2.40. The number of nitrogens with two attached hydrogens (primary N) is 1. The van der Waals surface area contributed by atoms with Crippen LogP contribution in [0.1, 0.15) is 47.9 Å². The number of aromatic nitrogens is 1. The van der Waals surface area contributed by atoms with Gasteiger partial charge in [0, 0.05) is 24.0 Å². The minimum atomic E-state index is 0. The van der Waals surface area contributed by atoms with Gasteiger partial charge in [-0.15, -0.1) is 12.4 Å². The smallest absolute Gasteiger partial charge is 0.253 e. The maximum atomic E-state index is 12.4. The van der Waals surface area contributed by atoms with Gasteiger partial charge in [-0.2, -0.15) is 0 Å². The van der Waals surface area contributed by atoms with E-state index in [0.717, 1.165) is 36.3 Å². The third kappa shape index (κ3) is 3.18. The van der Waals surface area contributed by atoms with Gasteiger partial charge in [-0.3, -0.25) is 4.79 Å². The zero-order valence-corrected chi connectivity index (χ0v) is 13.4. The molecule has 2 atom stereocenters. The maximum absolute atomic E-state index is 12.4. The predicted octanol–water partition coefficient (Wildman–Crippen LogP) is 2.40. The molecule has 4 nitrogen and oxygen atoms in total. The lowest BCUT2D eigenvalue weighted by atomic mass is 10.0. The highest BCUT2D eigenvalue weighted by Gasteiger charge is 2.28. The molecule has 1 heterocycles. The van der Waals surface area contributed by atoms with Crippen molar-refractivity contribution in [2.75, 3.05) is 6.54 Å². The fourth-order valence-electron chi connectivity index (χ4n) is 3.27. The summed E-state index contributed by atoms with van der Waals surface area (Å²) in [5.41, 5.74) is 8.77. The number of nitrogens with zero attached hydrogens (tertiary/aromatic N) is 1. The minimum absolute atomic E-state index is 0. The van der Waals surface area contributed by atoms with Gasteiger partial charge in [-0.05, 0) is 52.1 Å². The van der Waals surface area contributed by atoms with E-state index >= 15 is 0 Å². The molecule has 3 N–H and O–H groups in total. The van der Waals surface area contributed by atoms with Crippen molar-refractivity contribution < 1.29 is 4.79 Å². The first kappa shape index (κ1) is 17.1. The van der Waals surface area contributed by atoms with Gasteiger partial charge in [0.1, 0.15) is 0 Å². The lowest BCUT2D eigenvalue weighted by molar-refractivity contribution is 0.0928. The van der Waals surface area contributed by atoms with E-state index in [1.54, 1.807) is 0 Å². The van der Waals surface area contributed by atoms with Crippen LogP contribution in [0, 0.1) is 19.8 Å². The van der Waals surface area contributed by atoms with Gasteiger partial charge < -0.3 is 15.6 Å². The van der Waals surface area contributed by atoms with E-state index < -0.39 is 0 Å². The second kappa shape index (κ2) is 7.14. The first-order chi connectivity index (χ1) is 9.08. The van der Waals surface area contributed by atoms with Gasteiger partial charge in [0.25, 0.3) is 5.91 Å². The predicted molar refractivity (Wildman–Crippen MR) is 84.5 cm³/mol. The van der Waals surface area contributed by atoms with Crippen molar-refractivity contribution in [3.05, 3.63) is 23.0 Å². The average Bonchev–Trinajstić information content (AvgIpc) is 2.94. The average molecular weight is 300 g/mol. The highest BCUT2D eigenvalue weighted by molar-refractivity contribution is 5.95. The molecule has 1 fully saturated rings. The Balaban J connectivity index is 0.00000200. The van der Waals surface area contributed by atoms with Gasteiger partial charge in [0.15, 0.2) is 0 Å². The molecular weight excluding hydrogens is 274 g/mol. The summed E-state index contributed by atoms with van der Waals surface area (Å²) in [4.78, 5) is 12.4. The van der Waals surface area contributed by atoms with Crippen LogP contribution in [0.5, 0.6) is 0 Å². The highest BCUT2D eigenvalue weighted by Crippen LogP contribution is 2.25. The highest BCUT2D eigenvalue weighted by atomic mass is 35.5. The van der Waals surface area contributed by atoms with Gasteiger partial charge in [-0.1, -0.05) is 6.42 Å². The maximum Gasteiger partial charge on any atom is 0.253 e. The lowest BCUT2D eigenvalue weighted by Gasteiger charge is -2.19. The van der Waals surface area contributed by atoms with E-state index in [9.17, 15) is 4.79 Å². The summed E-state index contributed by atoms with van der Waals surface area (Å²) >= 11 is 0. The number of halogens is 1. The second-order valence-electron chi connectivity index (χ2n) is 5.54. The van der Waals surface area contributed by atoms with Crippen molar-refractivity contribution >= 4 is 18.3 Å². The summed E-state index contributed by atoms with van der Waals surface area (Å²) in [5, 5.41) is 3.17. The van der Waals surface area contributed by atoms with Crippen LogP contribution < -0.4 is 11.1 Å². The van der Waals surface area contributed by atoms with Crippen LogP contribution in [0.25, 0.3) is 0 Å². The molecule has 5 heteroatoms. The van der Waals surface area contributed by atoms with Crippen LogP contribution >= 0.6 is 12.4 Å². The van der Waals surface area contributed by atoms with Crippen molar-refractivity contribution in [2.24, 2.45) is 11.7 Å². The van der Waals surface area contributed by atoms with Gasteiger partial charge in [0.2, 0.25) is 0 Å². The summed E-state index contributed by atoms with van der Waals surface area (Å²) < 4.78 is 2.17. The van der Waals surface area contributed by atoms with Crippen LogP contribution in [0.15, 0.2) is 6.07 Å². The molecule has 2 rings (SSSR count). The Morgan fingerprint density at radius 3 is 2.70 bits per heavy atom. The van der Waals surface area contributed by atoms with Crippen LogP contribution in [-0.2, 0) is 6.54 Å². The van der Waals surface area contributed by atoms with Gasteiger partial charge in [0.05, 0.1) is 5.56 Å². The Kier molecular flexibility index (Phi) is 6.08. The topological polar surface area (TPSA) is 60.0 Å². The zero-order chi connectivity index (χ0) is 14.0. The standard InChI is InChI=1S/C15H25N3O.ClH/c1-4-18-10(2)8-13(11(18)3)15(19)17-14-7-5-6-12(14)9-16;/h8,12,14H,4-7,9,16H2,1-3H3,(H,17,19);1H. The number of carbonyl (C=O) groups is 1. The van der Waals surface area contributed by atoms with E-state index in [-0.39, 0.29) is 24.4 Å². The number of amides is 1. The fraction of sp³-hybridized carbons (Fsp3) is 0.667. The van der Waals surface area contributed by atoms with E-state index in [4.69, 9.17) is 5.73 Å². The monoisotopic (exact) mass is 299 g/mol. The molecule has 0 aromatic carbocycles.